The third kappa shape index (κ3) is 1.56. The van der Waals surface area contributed by atoms with Crippen LogP contribution in [0.2, 0.25) is 0 Å². The number of rotatable bonds is 1. The summed E-state index contributed by atoms with van der Waals surface area (Å²) in [6, 6.07) is 5.64. The van der Waals surface area contributed by atoms with Crippen molar-refractivity contribution in [1.29, 1.82) is 0 Å². The SMILES string of the molecule is O=C1CC[C@H](c2coc3cc4ccoc4cc23)C(=O)N1. The van der Waals surface area contributed by atoms with Crippen LogP contribution < -0.4 is 5.32 Å². The molecule has 0 saturated carbocycles. The Hall–Kier alpha value is -2.56. The van der Waals surface area contributed by atoms with Gasteiger partial charge in [0.25, 0.3) is 0 Å². The van der Waals surface area contributed by atoms with Crippen LogP contribution in [0.4, 0.5) is 0 Å². The molecule has 3 aromatic rings. The third-order valence-electron chi connectivity index (χ3n) is 3.79. The number of hydrogen-bond acceptors (Lipinski definition) is 4. The fourth-order valence-electron chi connectivity index (χ4n) is 2.76. The van der Waals surface area contributed by atoms with E-state index in [4.69, 9.17) is 8.83 Å². The van der Waals surface area contributed by atoms with E-state index in [-0.39, 0.29) is 17.7 Å². The molecular formula is C15H11NO4. The highest BCUT2D eigenvalue weighted by Crippen LogP contribution is 2.34. The van der Waals surface area contributed by atoms with Gasteiger partial charge in [0.2, 0.25) is 11.8 Å². The van der Waals surface area contributed by atoms with Crippen LogP contribution >= 0.6 is 0 Å². The van der Waals surface area contributed by atoms with Crippen molar-refractivity contribution in [3.8, 4) is 0 Å². The lowest BCUT2D eigenvalue weighted by Gasteiger charge is -2.19. The summed E-state index contributed by atoms with van der Waals surface area (Å²) in [4.78, 5) is 23.2. The Morgan fingerprint density at radius 2 is 2.05 bits per heavy atom. The van der Waals surface area contributed by atoms with E-state index >= 15 is 0 Å². The molecule has 1 N–H and O–H groups in total. The van der Waals surface area contributed by atoms with Crippen molar-refractivity contribution in [2.24, 2.45) is 0 Å². The molecule has 1 aromatic carbocycles. The molecule has 5 nitrogen and oxygen atoms in total. The predicted octanol–water partition coefficient (Wildman–Crippen LogP) is 2.70. The highest BCUT2D eigenvalue weighted by molar-refractivity contribution is 6.04. The quantitative estimate of drug-likeness (QED) is 0.689. The molecule has 1 saturated heterocycles. The van der Waals surface area contributed by atoms with E-state index in [1.165, 1.54) is 0 Å². The average Bonchev–Trinajstić information content (AvgIpc) is 3.02. The van der Waals surface area contributed by atoms with Gasteiger partial charge in [-0.3, -0.25) is 14.9 Å². The van der Waals surface area contributed by atoms with Gasteiger partial charge in [0.05, 0.1) is 18.4 Å². The van der Waals surface area contributed by atoms with Crippen LogP contribution in [0.5, 0.6) is 0 Å². The number of piperidine rings is 1. The topological polar surface area (TPSA) is 72.5 Å². The van der Waals surface area contributed by atoms with Crippen LogP contribution in [0.1, 0.15) is 24.3 Å². The molecule has 1 atom stereocenters. The van der Waals surface area contributed by atoms with Crippen molar-refractivity contribution in [3.63, 3.8) is 0 Å². The number of benzene rings is 1. The summed E-state index contributed by atoms with van der Waals surface area (Å²) in [6.45, 7) is 0. The summed E-state index contributed by atoms with van der Waals surface area (Å²) in [6.07, 6.45) is 4.08. The van der Waals surface area contributed by atoms with Crippen molar-refractivity contribution in [2.75, 3.05) is 0 Å². The predicted molar refractivity (Wildman–Crippen MR) is 71.1 cm³/mol. The lowest BCUT2D eigenvalue weighted by Crippen LogP contribution is -2.39. The minimum absolute atomic E-state index is 0.215. The maximum atomic E-state index is 12.0. The van der Waals surface area contributed by atoms with Crippen LogP contribution in [0.15, 0.2) is 39.6 Å². The van der Waals surface area contributed by atoms with E-state index < -0.39 is 0 Å². The van der Waals surface area contributed by atoms with E-state index in [0.717, 1.165) is 27.5 Å². The highest BCUT2D eigenvalue weighted by atomic mass is 16.3. The molecule has 0 aliphatic carbocycles. The molecule has 1 aliphatic rings. The van der Waals surface area contributed by atoms with E-state index in [0.29, 0.717) is 12.8 Å². The van der Waals surface area contributed by atoms with Crippen LogP contribution in [-0.2, 0) is 9.59 Å². The lowest BCUT2D eigenvalue weighted by atomic mass is 9.90. The molecule has 1 aliphatic heterocycles. The number of hydrogen-bond donors (Lipinski definition) is 1. The van der Waals surface area contributed by atoms with Crippen molar-refractivity contribution >= 4 is 33.8 Å². The Kier molecular flexibility index (Phi) is 2.24. The zero-order valence-electron chi connectivity index (χ0n) is 10.5. The van der Waals surface area contributed by atoms with Crippen LogP contribution in [0.25, 0.3) is 21.9 Å². The van der Waals surface area contributed by atoms with Crippen molar-refractivity contribution in [2.45, 2.75) is 18.8 Å². The molecule has 0 radical (unpaired) electrons. The minimum Gasteiger partial charge on any atom is -0.464 e. The smallest absolute Gasteiger partial charge is 0.234 e. The molecule has 0 unspecified atom stereocenters. The molecule has 3 heterocycles. The molecule has 2 aromatic heterocycles. The standard InChI is InChI=1S/C15H11NO4/c17-14-2-1-9(15(18)16-14)11-7-20-13-5-8-3-4-19-12(8)6-10(11)13/h3-7,9H,1-2H2,(H,16,17,18)/t9-/m1/s1. The van der Waals surface area contributed by atoms with Crippen LogP contribution in [0, 0.1) is 0 Å². The Bertz CT molecular complexity index is 842. The normalized spacial score (nSPS) is 19.7. The summed E-state index contributed by atoms with van der Waals surface area (Å²) in [7, 11) is 0. The van der Waals surface area contributed by atoms with E-state index in [2.05, 4.69) is 5.32 Å². The number of furan rings is 2. The average molecular weight is 269 g/mol. The maximum Gasteiger partial charge on any atom is 0.234 e. The zero-order chi connectivity index (χ0) is 13.7. The maximum absolute atomic E-state index is 12.0. The van der Waals surface area contributed by atoms with Gasteiger partial charge in [0, 0.05) is 22.8 Å². The van der Waals surface area contributed by atoms with Crippen LogP contribution in [0.3, 0.4) is 0 Å². The molecular weight excluding hydrogens is 258 g/mol. The number of nitrogens with one attached hydrogen (secondary N) is 1. The van der Waals surface area contributed by atoms with Gasteiger partial charge >= 0.3 is 0 Å². The van der Waals surface area contributed by atoms with Crippen molar-refractivity contribution in [1.82, 2.24) is 5.32 Å². The largest absolute Gasteiger partial charge is 0.464 e. The molecule has 4 rings (SSSR count). The first-order valence-corrected chi connectivity index (χ1v) is 6.44. The monoisotopic (exact) mass is 269 g/mol. The van der Waals surface area contributed by atoms with Gasteiger partial charge < -0.3 is 8.83 Å². The Labute approximate surface area is 113 Å². The van der Waals surface area contributed by atoms with Gasteiger partial charge in [-0.05, 0) is 24.6 Å². The molecule has 1 fully saturated rings. The van der Waals surface area contributed by atoms with Gasteiger partial charge in [-0.15, -0.1) is 0 Å². The third-order valence-corrected chi connectivity index (χ3v) is 3.79. The fraction of sp³-hybridized carbons (Fsp3) is 0.200. The van der Waals surface area contributed by atoms with E-state index in [9.17, 15) is 9.59 Å². The number of carbonyl (C=O) groups excluding carboxylic acids is 2. The van der Waals surface area contributed by atoms with E-state index in [1.807, 2.05) is 18.2 Å². The Balaban J connectivity index is 1.86. The highest BCUT2D eigenvalue weighted by Gasteiger charge is 2.30. The first-order valence-electron chi connectivity index (χ1n) is 6.44. The number of amides is 2. The summed E-state index contributed by atoms with van der Waals surface area (Å²) in [5.41, 5.74) is 2.29. The van der Waals surface area contributed by atoms with Gasteiger partial charge in [-0.25, -0.2) is 0 Å². The van der Waals surface area contributed by atoms with E-state index in [1.54, 1.807) is 12.5 Å². The van der Waals surface area contributed by atoms with Gasteiger partial charge in [-0.2, -0.15) is 0 Å². The molecule has 100 valence electrons. The summed E-state index contributed by atoms with van der Waals surface area (Å²) in [5, 5.41) is 4.19. The second-order valence-electron chi connectivity index (χ2n) is 5.00. The number of fused-ring (bicyclic) bond motifs is 2. The van der Waals surface area contributed by atoms with Crippen molar-refractivity contribution < 1.29 is 18.4 Å². The molecule has 5 heteroatoms. The molecule has 0 bridgehead atoms. The van der Waals surface area contributed by atoms with Gasteiger partial charge in [-0.1, -0.05) is 0 Å². The first kappa shape index (κ1) is 11.3. The second kappa shape index (κ2) is 3.96. The zero-order valence-corrected chi connectivity index (χ0v) is 10.5. The Morgan fingerprint density at radius 1 is 1.15 bits per heavy atom. The summed E-state index contributed by atoms with van der Waals surface area (Å²) >= 11 is 0. The van der Waals surface area contributed by atoms with Gasteiger partial charge in [0.1, 0.15) is 11.2 Å². The number of carbonyl (C=O) groups is 2. The molecule has 20 heavy (non-hydrogen) atoms. The molecule has 2 amide bonds. The fourth-order valence-corrected chi connectivity index (χ4v) is 2.76. The van der Waals surface area contributed by atoms with Crippen molar-refractivity contribution in [3.05, 3.63) is 36.3 Å². The lowest BCUT2D eigenvalue weighted by molar-refractivity contribution is -0.134. The Morgan fingerprint density at radius 3 is 2.90 bits per heavy atom. The van der Waals surface area contributed by atoms with Crippen LogP contribution in [-0.4, -0.2) is 11.8 Å². The first-order chi connectivity index (χ1) is 9.72. The molecule has 0 spiro atoms. The number of imide groups is 1. The summed E-state index contributed by atoms with van der Waals surface area (Å²) in [5.74, 6) is -0.822. The second-order valence-corrected chi connectivity index (χ2v) is 5.00. The summed E-state index contributed by atoms with van der Waals surface area (Å²) < 4.78 is 10.9. The van der Waals surface area contributed by atoms with Gasteiger partial charge in [0.15, 0.2) is 0 Å². The minimum atomic E-state index is -0.346.